The number of likely N-dealkylation sites (tertiary alicyclic amines) is 1. The molecule has 0 aromatic heterocycles. The lowest BCUT2D eigenvalue weighted by Gasteiger charge is -2.32. The first-order chi connectivity index (χ1) is 22.6. The highest BCUT2D eigenvalue weighted by Crippen LogP contribution is 2.27. The molecule has 1 heterocycles. The highest BCUT2D eigenvalue weighted by Gasteiger charge is 2.34. The highest BCUT2D eigenvalue weighted by molar-refractivity contribution is 7.89. The Hall–Kier alpha value is -5.06. The third kappa shape index (κ3) is 9.05. The molecule has 1 fully saturated rings. The number of hydrogen-bond donors (Lipinski definition) is 3. The Labute approximate surface area is 271 Å². The Bertz CT molecular complexity index is 1840. The molecule has 0 spiro atoms. The van der Waals surface area contributed by atoms with Crippen LogP contribution in [-0.4, -0.2) is 74.7 Å². The van der Waals surface area contributed by atoms with Crippen molar-refractivity contribution in [3.8, 4) is 5.75 Å². The maximum atomic E-state index is 14.1. The molecular formula is C31H30F4N4O8S. The van der Waals surface area contributed by atoms with Crippen LogP contribution in [0.15, 0.2) is 48.5 Å². The first-order valence-electron chi connectivity index (χ1n) is 14.5. The van der Waals surface area contributed by atoms with Crippen molar-refractivity contribution in [1.82, 2.24) is 14.9 Å². The molecule has 256 valence electrons. The summed E-state index contributed by atoms with van der Waals surface area (Å²) in [6.45, 7) is -1.29. The van der Waals surface area contributed by atoms with Crippen molar-refractivity contribution in [2.45, 2.75) is 31.7 Å². The third-order valence-electron chi connectivity index (χ3n) is 7.41. The molecule has 4 amide bonds. The number of Topliss-reactive ketones (excluding diaryl/α,β-unsaturated/α-hetero) is 1. The largest absolute Gasteiger partial charge is 0.479 e. The maximum Gasteiger partial charge on any atom is 0.313 e. The van der Waals surface area contributed by atoms with Crippen LogP contribution in [0.2, 0.25) is 0 Å². The van der Waals surface area contributed by atoms with Crippen LogP contribution in [0.1, 0.15) is 25.7 Å². The molecule has 4 rings (SSSR count). The molecule has 0 radical (unpaired) electrons. The van der Waals surface area contributed by atoms with E-state index in [4.69, 9.17) is 4.74 Å². The monoisotopic (exact) mass is 694 g/mol. The van der Waals surface area contributed by atoms with Crippen molar-refractivity contribution in [1.29, 1.82) is 0 Å². The van der Waals surface area contributed by atoms with E-state index in [2.05, 4.69) is 10.6 Å². The average Bonchev–Trinajstić information content (AvgIpc) is 3.04. The number of ketones is 1. The second-order valence-corrected chi connectivity index (χ2v) is 12.8. The Balaban J connectivity index is 1.43. The molecule has 0 aliphatic carbocycles. The summed E-state index contributed by atoms with van der Waals surface area (Å²) in [5.41, 5.74) is 0.405. The quantitative estimate of drug-likeness (QED) is 0.156. The van der Waals surface area contributed by atoms with Gasteiger partial charge in [0, 0.05) is 36.7 Å². The number of benzene rings is 3. The minimum atomic E-state index is -3.97. The van der Waals surface area contributed by atoms with Crippen LogP contribution in [-0.2, 0) is 34.0 Å². The third-order valence-corrected chi connectivity index (χ3v) is 8.00. The van der Waals surface area contributed by atoms with Gasteiger partial charge in [-0.1, -0.05) is 36.4 Å². The molecule has 48 heavy (non-hydrogen) atoms. The predicted molar refractivity (Wildman–Crippen MR) is 163 cm³/mol. The van der Waals surface area contributed by atoms with Crippen LogP contribution in [0.4, 0.5) is 23.2 Å². The Kier molecular flexibility index (Phi) is 11.4. The summed E-state index contributed by atoms with van der Waals surface area (Å²) < 4.78 is 84.5. The van der Waals surface area contributed by atoms with Gasteiger partial charge in [0.15, 0.2) is 23.2 Å². The molecule has 1 aliphatic rings. The topological polar surface area (TPSA) is 168 Å². The maximum absolute atomic E-state index is 14.1. The van der Waals surface area contributed by atoms with Gasteiger partial charge in [-0.2, -0.15) is 8.78 Å². The van der Waals surface area contributed by atoms with E-state index in [1.165, 1.54) is 0 Å². The van der Waals surface area contributed by atoms with Gasteiger partial charge in [0.25, 0.3) is 0 Å². The van der Waals surface area contributed by atoms with Crippen molar-refractivity contribution in [2.24, 2.45) is 5.92 Å². The number of carbonyl (C=O) groups excluding carboxylic acids is 5. The van der Waals surface area contributed by atoms with E-state index in [-0.39, 0.29) is 25.6 Å². The van der Waals surface area contributed by atoms with Crippen LogP contribution >= 0.6 is 0 Å². The van der Waals surface area contributed by atoms with Crippen LogP contribution in [0.3, 0.4) is 0 Å². The molecule has 12 nitrogen and oxygen atoms in total. The van der Waals surface area contributed by atoms with E-state index in [9.17, 15) is 50.0 Å². The number of nitrogens with one attached hydrogen (secondary N) is 3. The fourth-order valence-electron chi connectivity index (χ4n) is 5.09. The van der Waals surface area contributed by atoms with Crippen molar-refractivity contribution >= 4 is 55.9 Å². The van der Waals surface area contributed by atoms with Gasteiger partial charge in [0.05, 0.1) is 18.2 Å². The normalized spacial score (nSPS) is 15.4. The zero-order valence-electron chi connectivity index (χ0n) is 25.4. The fraction of sp³-hybridized carbons (Fsp3) is 0.323. The lowest BCUT2D eigenvalue weighted by Crippen LogP contribution is -2.51. The molecule has 0 saturated carbocycles. The second kappa shape index (κ2) is 15.2. The number of rotatable bonds is 11. The Morgan fingerprint density at radius 2 is 1.65 bits per heavy atom. The Morgan fingerprint density at radius 1 is 0.979 bits per heavy atom. The first kappa shape index (κ1) is 35.8. The number of fused-ring (bicyclic) bond motifs is 1. The first-order valence-corrected chi connectivity index (χ1v) is 16.4. The number of nitrogens with zero attached hydrogens (tertiary/aromatic N) is 1. The molecule has 2 unspecified atom stereocenters. The number of sulfonamides is 1. The van der Waals surface area contributed by atoms with Crippen LogP contribution in [0.25, 0.3) is 10.8 Å². The molecule has 0 bridgehead atoms. The van der Waals surface area contributed by atoms with E-state index >= 15 is 0 Å². The van der Waals surface area contributed by atoms with Crippen molar-refractivity contribution in [3.05, 3.63) is 71.8 Å². The number of carbonyl (C=O) groups is 5. The number of amides is 4. The van der Waals surface area contributed by atoms with Gasteiger partial charge in [-0.3, -0.25) is 28.7 Å². The number of piperidine rings is 1. The lowest BCUT2D eigenvalue weighted by molar-refractivity contribution is -0.145. The smallest absolute Gasteiger partial charge is 0.313 e. The van der Waals surface area contributed by atoms with E-state index in [1.54, 1.807) is 29.0 Å². The summed E-state index contributed by atoms with van der Waals surface area (Å²) in [5.74, 6) is -14.6. The van der Waals surface area contributed by atoms with E-state index in [1.807, 2.05) is 18.2 Å². The van der Waals surface area contributed by atoms with Gasteiger partial charge < -0.3 is 20.3 Å². The number of anilines is 1. The molecule has 3 N–H and O–H groups in total. The van der Waals surface area contributed by atoms with Crippen LogP contribution in [0, 0.1) is 29.2 Å². The highest BCUT2D eigenvalue weighted by atomic mass is 32.2. The Morgan fingerprint density at radius 3 is 2.33 bits per heavy atom. The zero-order chi connectivity index (χ0) is 35.2. The predicted octanol–water partition coefficient (Wildman–Crippen LogP) is 2.56. The summed E-state index contributed by atoms with van der Waals surface area (Å²) >= 11 is 0. The minimum absolute atomic E-state index is 0.0613. The molecule has 17 heteroatoms. The number of halogens is 4. The van der Waals surface area contributed by atoms with E-state index < -0.39 is 99.9 Å². The van der Waals surface area contributed by atoms with E-state index in [0.717, 1.165) is 10.3 Å². The van der Waals surface area contributed by atoms with Gasteiger partial charge >= 0.3 is 11.8 Å². The average molecular weight is 695 g/mol. The lowest BCUT2D eigenvalue weighted by atomic mass is 9.95. The van der Waals surface area contributed by atoms with Crippen molar-refractivity contribution in [3.63, 3.8) is 0 Å². The van der Waals surface area contributed by atoms with Gasteiger partial charge in [-0.15, -0.1) is 0 Å². The summed E-state index contributed by atoms with van der Waals surface area (Å²) in [4.78, 5) is 65.5. The molecule has 3 aromatic rings. The van der Waals surface area contributed by atoms with Crippen LogP contribution < -0.4 is 20.1 Å². The summed E-state index contributed by atoms with van der Waals surface area (Å²) in [6.07, 6.45) is 0.104. The molecule has 3 aromatic carbocycles. The minimum Gasteiger partial charge on any atom is -0.479 e. The molecule has 1 saturated heterocycles. The van der Waals surface area contributed by atoms with Gasteiger partial charge in [0.2, 0.25) is 33.5 Å². The fourth-order valence-corrected chi connectivity index (χ4v) is 5.60. The van der Waals surface area contributed by atoms with Gasteiger partial charge in [-0.25, -0.2) is 17.2 Å². The molecular weight excluding hydrogens is 664 g/mol. The van der Waals surface area contributed by atoms with E-state index in [0.29, 0.717) is 23.8 Å². The summed E-state index contributed by atoms with van der Waals surface area (Å²) in [6, 6.07) is 10.7. The van der Waals surface area contributed by atoms with Gasteiger partial charge in [-0.05, 0) is 30.7 Å². The standard InChI is InChI=1S/C31H30F4N4O8S/c1-48(45,46)38-25(41)12-11-23(24(40)16-47-28-26(34)20(32)14-21(33)27(28)35)37-29(42)18-8-5-13-39(15-18)31(44)30(43)36-22-10-4-7-17-6-2-3-9-19(17)22/h2-4,6-7,9-10,14,18,23H,5,8,11-13,15-16H2,1H3,(H,36,43)(H,37,42)(H,38,41). The second-order valence-electron chi connectivity index (χ2n) is 11.0. The van der Waals surface area contributed by atoms with Gasteiger partial charge in [0.1, 0.15) is 6.61 Å². The summed E-state index contributed by atoms with van der Waals surface area (Å²) in [5, 5.41) is 6.49. The van der Waals surface area contributed by atoms with Crippen molar-refractivity contribution in [2.75, 3.05) is 31.3 Å². The zero-order valence-corrected chi connectivity index (χ0v) is 26.2. The molecule has 1 aliphatic heterocycles. The van der Waals surface area contributed by atoms with Crippen LogP contribution in [0.5, 0.6) is 5.75 Å². The number of hydrogen-bond acceptors (Lipinski definition) is 8. The SMILES string of the molecule is CS(=O)(=O)NC(=O)CCC(NC(=O)C1CCCN(C(=O)C(=O)Nc2cccc3ccccc23)C1)C(=O)COc1c(F)c(F)cc(F)c1F. The molecule has 2 atom stereocenters. The van der Waals surface area contributed by atoms with Crippen molar-refractivity contribution < 1.29 is 54.7 Å². The number of ether oxygens (including phenoxy) is 1. The summed E-state index contributed by atoms with van der Waals surface area (Å²) in [7, 11) is -3.97.